The maximum atomic E-state index is 6.59. The highest BCUT2D eigenvalue weighted by atomic mass is 16.3. The second-order valence-electron chi connectivity index (χ2n) is 13.6. The third-order valence-corrected chi connectivity index (χ3v) is 10.2. The van der Waals surface area contributed by atoms with Gasteiger partial charge in [-0.1, -0.05) is 152 Å². The van der Waals surface area contributed by atoms with Gasteiger partial charge in [0.25, 0.3) is 0 Å². The zero-order chi connectivity index (χ0) is 37.0. The van der Waals surface area contributed by atoms with Gasteiger partial charge >= 0.3 is 0 Å². The van der Waals surface area contributed by atoms with E-state index in [4.69, 9.17) is 33.8 Å². The monoisotopic (exact) mass is 719 g/mol. The normalized spacial score (nSPS) is 11.6. The van der Waals surface area contributed by atoms with E-state index < -0.39 is 0 Å². The van der Waals surface area contributed by atoms with Crippen molar-refractivity contribution in [3.8, 4) is 67.9 Å². The number of para-hydroxylation sites is 3. The number of fused-ring (bicyclic) bond motifs is 6. The average Bonchev–Trinajstić information content (AvgIpc) is 3.85. The smallest absolute Gasteiger partial charge is 0.180 e. The van der Waals surface area contributed by atoms with Crippen molar-refractivity contribution in [3.63, 3.8) is 0 Å². The molecule has 11 aromatic rings. The number of aromatic nitrogens is 5. The van der Waals surface area contributed by atoms with Crippen LogP contribution in [-0.4, -0.2) is 24.9 Å². The van der Waals surface area contributed by atoms with Crippen molar-refractivity contribution in [2.75, 3.05) is 0 Å². The lowest BCUT2D eigenvalue weighted by molar-refractivity contribution is 0.667. The molecule has 7 nitrogen and oxygen atoms in total. The topological polar surface area (TPSA) is 90.7 Å². The first kappa shape index (κ1) is 31.7. The Balaban J connectivity index is 1.20. The molecule has 0 N–H and O–H groups in total. The average molecular weight is 720 g/mol. The Bertz CT molecular complexity index is 3190. The predicted octanol–water partition coefficient (Wildman–Crippen LogP) is 12.5. The van der Waals surface area contributed by atoms with E-state index in [1.54, 1.807) is 0 Å². The number of nitrogens with zero attached hydrogens (tertiary/aromatic N) is 5. The van der Waals surface area contributed by atoms with Crippen molar-refractivity contribution >= 4 is 44.0 Å². The van der Waals surface area contributed by atoms with Crippen LogP contribution < -0.4 is 0 Å². The van der Waals surface area contributed by atoms with E-state index in [1.165, 1.54) is 0 Å². The van der Waals surface area contributed by atoms with E-state index in [0.717, 1.165) is 83.1 Å². The molecule has 0 radical (unpaired) electrons. The van der Waals surface area contributed by atoms with Gasteiger partial charge in [-0.05, 0) is 29.8 Å². The summed E-state index contributed by atoms with van der Waals surface area (Å²) in [5.41, 5.74) is 10.6. The molecule has 0 bridgehead atoms. The zero-order valence-corrected chi connectivity index (χ0v) is 29.8. The summed E-state index contributed by atoms with van der Waals surface area (Å²) in [5, 5.41) is 3.02. The molecular formula is C49H29N5O2. The molecule has 4 heterocycles. The Morgan fingerprint density at radius 3 is 1.54 bits per heavy atom. The molecule has 0 aliphatic heterocycles. The lowest BCUT2D eigenvalue weighted by Crippen LogP contribution is -2.02. The van der Waals surface area contributed by atoms with Gasteiger partial charge in [0.05, 0.1) is 0 Å². The van der Waals surface area contributed by atoms with Crippen LogP contribution in [0.2, 0.25) is 0 Å². The van der Waals surface area contributed by atoms with Crippen LogP contribution in [0.5, 0.6) is 0 Å². The second-order valence-corrected chi connectivity index (χ2v) is 13.6. The minimum Gasteiger partial charge on any atom is -0.455 e. The van der Waals surface area contributed by atoms with E-state index in [9.17, 15) is 0 Å². The SMILES string of the molecule is c1ccc(-c2nc(-c3ccccc3)nc(-c3cc(-c4nc(-c5ccccc5)c5oc6ccccc6c5n4)ccc3-c3cccc4c3oc3ccccc34)n2)cc1. The zero-order valence-electron chi connectivity index (χ0n) is 29.8. The highest BCUT2D eigenvalue weighted by Gasteiger charge is 2.22. The molecule has 7 aromatic carbocycles. The van der Waals surface area contributed by atoms with Crippen LogP contribution in [0, 0.1) is 0 Å². The predicted molar refractivity (Wildman–Crippen MR) is 223 cm³/mol. The molecular weight excluding hydrogens is 691 g/mol. The first-order valence-electron chi connectivity index (χ1n) is 18.4. The summed E-state index contributed by atoms with van der Waals surface area (Å²) in [4.78, 5) is 25.7. The Morgan fingerprint density at radius 1 is 0.304 bits per heavy atom. The van der Waals surface area contributed by atoms with E-state index >= 15 is 0 Å². The molecule has 0 unspecified atom stereocenters. The Morgan fingerprint density at radius 2 is 0.839 bits per heavy atom. The minimum atomic E-state index is 0.515. The maximum Gasteiger partial charge on any atom is 0.180 e. The molecule has 0 aliphatic rings. The van der Waals surface area contributed by atoms with Gasteiger partial charge in [-0.25, -0.2) is 24.9 Å². The third kappa shape index (κ3) is 5.33. The van der Waals surface area contributed by atoms with Gasteiger partial charge in [0.15, 0.2) is 28.9 Å². The van der Waals surface area contributed by atoms with Crippen LogP contribution in [0.25, 0.3) is 112 Å². The number of hydrogen-bond acceptors (Lipinski definition) is 7. The quantitative estimate of drug-likeness (QED) is 0.169. The molecule has 0 spiro atoms. The van der Waals surface area contributed by atoms with Gasteiger partial charge in [0.1, 0.15) is 28.0 Å². The van der Waals surface area contributed by atoms with Crippen LogP contribution in [-0.2, 0) is 0 Å². The third-order valence-electron chi connectivity index (χ3n) is 10.2. The van der Waals surface area contributed by atoms with Crippen molar-refractivity contribution in [2.24, 2.45) is 0 Å². The molecule has 56 heavy (non-hydrogen) atoms. The number of rotatable bonds is 6. The second kappa shape index (κ2) is 13.0. The fourth-order valence-electron chi connectivity index (χ4n) is 7.50. The van der Waals surface area contributed by atoms with Crippen molar-refractivity contribution in [1.82, 2.24) is 24.9 Å². The van der Waals surface area contributed by atoms with Gasteiger partial charge in [0, 0.05) is 49.5 Å². The largest absolute Gasteiger partial charge is 0.455 e. The van der Waals surface area contributed by atoms with Crippen LogP contribution in [0.1, 0.15) is 0 Å². The molecule has 0 aliphatic carbocycles. The Labute approximate surface area is 320 Å². The highest BCUT2D eigenvalue weighted by Crippen LogP contribution is 2.42. The minimum absolute atomic E-state index is 0.515. The molecule has 0 amide bonds. The van der Waals surface area contributed by atoms with E-state index in [1.807, 2.05) is 133 Å². The fourth-order valence-corrected chi connectivity index (χ4v) is 7.50. The fraction of sp³-hybridized carbons (Fsp3) is 0. The first-order chi connectivity index (χ1) is 27.7. The van der Waals surface area contributed by atoms with Crippen molar-refractivity contribution in [2.45, 2.75) is 0 Å². The lowest BCUT2D eigenvalue weighted by atomic mass is 9.95. The van der Waals surface area contributed by atoms with Crippen molar-refractivity contribution in [3.05, 3.63) is 176 Å². The Hall–Kier alpha value is -7.77. The van der Waals surface area contributed by atoms with Gasteiger partial charge in [-0.2, -0.15) is 0 Å². The first-order valence-corrected chi connectivity index (χ1v) is 18.4. The summed E-state index contributed by atoms with van der Waals surface area (Å²) in [6.45, 7) is 0. The molecule has 7 heteroatoms. The number of hydrogen-bond donors (Lipinski definition) is 0. The van der Waals surface area contributed by atoms with Gasteiger partial charge in [-0.3, -0.25) is 0 Å². The van der Waals surface area contributed by atoms with Gasteiger partial charge in [0.2, 0.25) is 0 Å². The van der Waals surface area contributed by atoms with Crippen molar-refractivity contribution in [1.29, 1.82) is 0 Å². The molecule has 4 aromatic heterocycles. The van der Waals surface area contributed by atoms with Crippen LogP contribution >= 0.6 is 0 Å². The standard InChI is InChI=1S/C49H29N5O2/c1-4-15-30(16-5-1)42-45-43(38-22-11-13-26-41(38)56-45)51-48(50-42)33-27-28-34(36-23-14-24-37-35-21-10-12-25-40(35)55-44(36)37)39(29-33)49-53-46(31-17-6-2-7-18-31)52-47(54-49)32-19-8-3-9-20-32/h1-29H. The maximum absolute atomic E-state index is 6.59. The summed E-state index contributed by atoms with van der Waals surface area (Å²) in [7, 11) is 0. The van der Waals surface area contributed by atoms with E-state index in [2.05, 4.69) is 42.5 Å². The molecule has 262 valence electrons. The number of furan rings is 2. The van der Waals surface area contributed by atoms with E-state index in [-0.39, 0.29) is 0 Å². The molecule has 0 atom stereocenters. The molecule has 11 rings (SSSR count). The van der Waals surface area contributed by atoms with Gasteiger partial charge in [-0.15, -0.1) is 0 Å². The summed E-state index contributed by atoms with van der Waals surface area (Å²) in [6.07, 6.45) is 0. The summed E-state index contributed by atoms with van der Waals surface area (Å²) in [5.74, 6) is 2.21. The summed E-state index contributed by atoms with van der Waals surface area (Å²) >= 11 is 0. The van der Waals surface area contributed by atoms with Crippen LogP contribution in [0.15, 0.2) is 185 Å². The van der Waals surface area contributed by atoms with Crippen LogP contribution in [0.3, 0.4) is 0 Å². The summed E-state index contributed by atoms with van der Waals surface area (Å²) in [6, 6.07) is 58.7. The number of benzene rings is 7. The molecule has 0 saturated heterocycles. The summed E-state index contributed by atoms with van der Waals surface area (Å²) < 4.78 is 13.0. The molecule has 0 fully saturated rings. The Kier molecular flexibility index (Phi) is 7.35. The molecule has 0 saturated carbocycles. The van der Waals surface area contributed by atoms with Gasteiger partial charge < -0.3 is 8.83 Å². The van der Waals surface area contributed by atoms with E-state index in [0.29, 0.717) is 28.9 Å². The van der Waals surface area contributed by atoms with Crippen LogP contribution in [0.4, 0.5) is 0 Å². The van der Waals surface area contributed by atoms with Crippen molar-refractivity contribution < 1.29 is 8.83 Å². The lowest BCUT2D eigenvalue weighted by Gasteiger charge is -2.14. The highest BCUT2D eigenvalue weighted by molar-refractivity contribution is 6.11.